The van der Waals surface area contributed by atoms with Crippen LogP contribution in [0.15, 0.2) is 23.5 Å². The van der Waals surface area contributed by atoms with Crippen LogP contribution in [0.2, 0.25) is 0 Å². The zero-order valence-corrected chi connectivity index (χ0v) is 11.8. The minimum atomic E-state index is -0.922. The molecular formula is C12H13FN4O2S. The first-order chi connectivity index (χ1) is 9.49. The fourth-order valence-corrected chi connectivity index (χ4v) is 2.44. The molecule has 0 unspecified atom stereocenters. The van der Waals surface area contributed by atoms with E-state index < -0.39 is 11.8 Å². The van der Waals surface area contributed by atoms with E-state index in [4.69, 9.17) is 5.11 Å². The molecule has 2 aromatic rings. The van der Waals surface area contributed by atoms with Crippen LogP contribution in [0.5, 0.6) is 0 Å². The standard InChI is InChI=1S/C12H13FN4O2S/c1-7(2)17-11(9-4-3-8(13)5-14-9)15-16-12(17)20-6-10(18)19/h3-5,7H,6H2,1-2H3,(H,18,19). The minimum Gasteiger partial charge on any atom is -0.481 e. The third kappa shape index (κ3) is 3.13. The largest absolute Gasteiger partial charge is 0.481 e. The fourth-order valence-electron chi connectivity index (χ4n) is 1.65. The predicted octanol–water partition coefficient (Wildman–Crippen LogP) is 2.24. The maximum Gasteiger partial charge on any atom is 0.313 e. The van der Waals surface area contributed by atoms with Crippen molar-refractivity contribution >= 4 is 17.7 Å². The highest BCUT2D eigenvalue weighted by Gasteiger charge is 2.18. The van der Waals surface area contributed by atoms with Gasteiger partial charge in [0.2, 0.25) is 0 Å². The van der Waals surface area contributed by atoms with Crippen molar-refractivity contribution in [3.05, 3.63) is 24.1 Å². The third-order valence-corrected chi connectivity index (χ3v) is 3.39. The van der Waals surface area contributed by atoms with Gasteiger partial charge in [-0.25, -0.2) is 9.37 Å². The van der Waals surface area contributed by atoms with Crippen molar-refractivity contribution < 1.29 is 14.3 Å². The lowest BCUT2D eigenvalue weighted by molar-refractivity contribution is -0.133. The van der Waals surface area contributed by atoms with Gasteiger partial charge in [0.15, 0.2) is 11.0 Å². The lowest BCUT2D eigenvalue weighted by atomic mass is 10.3. The number of nitrogens with zero attached hydrogens (tertiary/aromatic N) is 4. The molecule has 2 heterocycles. The van der Waals surface area contributed by atoms with E-state index >= 15 is 0 Å². The van der Waals surface area contributed by atoms with Crippen LogP contribution in [0.4, 0.5) is 4.39 Å². The summed E-state index contributed by atoms with van der Waals surface area (Å²) in [6.07, 6.45) is 1.11. The Kier molecular flexibility index (Phi) is 4.33. The van der Waals surface area contributed by atoms with E-state index in [1.807, 2.05) is 13.8 Å². The molecule has 0 aliphatic carbocycles. The second-order valence-electron chi connectivity index (χ2n) is 4.31. The molecule has 0 saturated carbocycles. The number of rotatable bonds is 5. The van der Waals surface area contributed by atoms with Gasteiger partial charge in [-0.15, -0.1) is 10.2 Å². The summed E-state index contributed by atoms with van der Waals surface area (Å²) in [5.74, 6) is -0.950. The van der Waals surface area contributed by atoms with Crippen molar-refractivity contribution in [1.82, 2.24) is 19.7 Å². The third-order valence-electron chi connectivity index (χ3n) is 2.46. The molecule has 0 atom stereocenters. The van der Waals surface area contributed by atoms with E-state index in [9.17, 15) is 9.18 Å². The Morgan fingerprint density at radius 1 is 1.45 bits per heavy atom. The number of hydrogen-bond donors (Lipinski definition) is 1. The lowest BCUT2D eigenvalue weighted by Gasteiger charge is -2.12. The maximum absolute atomic E-state index is 12.9. The van der Waals surface area contributed by atoms with Crippen LogP contribution >= 0.6 is 11.8 Å². The number of carbonyl (C=O) groups is 1. The zero-order valence-electron chi connectivity index (χ0n) is 10.9. The van der Waals surface area contributed by atoms with Crippen LogP contribution in [0, 0.1) is 5.82 Å². The number of aromatic nitrogens is 4. The first-order valence-electron chi connectivity index (χ1n) is 5.90. The summed E-state index contributed by atoms with van der Waals surface area (Å²) in [5.41, 5.74) is 0.495. The van der Waals surface area contributed by atoms with E-state index in [-0.39, 0.29) is 11.8 Å². The number of carboxylic acids is 1. The average molecular weight is 296 g/mol. The Hall–Kier alpha value is -1.96. The molecule has 1 N–H and O–H groups in total. The van der Waals surface area contributed by atoms with Crippen LogP contribution in [-0.2, 0) is 4.79 Å². The highest BCUT2D eigenvalue weighted by Crippen LogP contribution is 2.26. The van der Waals surface area contributed by atoms with Gasteiger partial charge in [0.25, 0.3) is 0 Å². The second-order valence-corrected chi connectivity index (χ2v) is 5.26. The van der Waals surface area contributed by atoms with Gasteiger partial charge in [-0.05, 0) is 26.0 Å². The molecule has 0 amide bonds. The van der Waals surface area contributed by atoms with Crippen LogP contribution in [0.3, 0.4) is 0 Å². The number of carboxylic acid groups (broad SMARTS) is 1. The SMILES string of the molecule is CC(C)n1c(SCC(=O)O)nnc1-c1ccc(F)cn1. The number of pyridine rings is 1. The van der Waals surface area contributed by atoms with Gasteiger partial charge < -0.3 is 5.11 Å². The van der Waals surface area contributed by atoms with Crippen LogP contribution < -0.4 is 0 Å². The Bertz CT molecular complexity index is 612. The number of halogens is 1. The quantitative estimate of drug-likeness (QED) is 0.852. The van der Waals surface area contributed by atoms with E-state index in [2.05, 4.69) is 15.2 Å². The van der Waals surface area contributed by atoms with Gasteiger partial charge in [0, 0.05) is 6.04 Å². The summed E-state index contributed by atoms with van der Waals surface area (Å²) in [4.78, 5) is 14.6. The first kappa shape index (κ1) is 14.4. The fraction of sp³-hybridized carbons (Fsp3) is 0.333. The van der Waals surface area contributed by atoms with E-state index in [0.717, 1.165) is 18.0 Å². The first-order valence-corrected chi connectivity index (χ1v) is 6.89. The van der Waals surface area contributed by atoms with Crippen molar-refractivity contribution in [1.29, 1.82) is 0 Å². The molecule has 2 rings (SSSR count). The molecule has 106 valence electrons. The van der Waals surface area contributed by atoms with E-state index in [1.54, 1.807) is 4.57 Å². The maximum atomic E-state index is 12.9. The Morgan fingerprint density at radius 3 is 2.75 bits per heavy atom. The molecule has 8 heteroatoms. The second kappa shape index (κ2) is 6.00. The summed E-state index contributed by atoms with van der Waals surface area (Å²) in [6.45, 7) is 3.86. The molecule has 0 bridgehead atoms. The highest BCUT2D eigenvalue weighted by molar-refractivity contribution is 7.99. The normalized spacial score (nSPS) is 11.0. The Balaban J connectivity index is 2.38. The zero-order chi connectivity index (χ0) is 14.7. The highest BCUT2D eigenvalue weighted by atomic mass is 32.2. The van der Waals surface area contributed by atoms with Crippen molar-refractivity contribution in [2.24, 2.45) is 0 Å². The van der Waals surface area contributed by atoms with Gasteiger partial charge >= 0.3 is 5.97 Å². The molecular weight excluding hydrogens is 283 g/mol. The van der Waals surface area contributed by atoms with Crippen molar-refractivity contribution in [2.75, 3.05) is 5.75 Å². The molecule has 0 radical (unpaired) electrons. The summed E-state index contributed by atoms with van der Waals surface area (Å²) in [6, 6.07) is 2.85. The van der Waals surface area contributed by atoms with Crippen molar-refractivity contribution in [3.8, 4) is 11.5 Å². The lowest BCUT2D eigenvalue weighted by Crippen LogP contribution is -2.07. The molecule has 20 heavy (non-hydrogen) atoms. The Morgan fingerprint density at radius 2 is 2.20 bits per heavy atom. The van der Waals surface area contributed by atoms with Gasteiger partial charge in [0.1, 0.15) is 11.5 Å². The molecule has 6 nitrogen and oxygen atoms in total. The number of thioether (sulfide) groups is 1. The summed E-state index contributed by atoms with van der Waals surface area (Å²) < 4.78 is 14.7. The Labute approximate surface area is 119 Å². The van der Waals surface area contributed by atoms with Crippen LogP contribution in [0.25, 0.3) is 11.5 Å². The van der Waals surface area contributed by atoms with Gasteiger partial charge in [-0.3, -0.25) is 9.36 Å². The topological polar surface area (TPSA) is 80.9 Å². The van der Waals surface area contributed by atoms with Crippen LogP contribution in [-0.4, -0.2) is 36.6 Å². The summed E-state index contributed by atoms with van der Waals surface area (Å²) in [5, 5.41) is 17.2. The number of aliphatic carboxylic acids is 1. The summed E-state index contributed by atoms with van der Waals surface area (Å²) in [7, 11) is 0. The predicted molar refractivity (Wildman–Crippen MR) is 72.0 cm³/mol. The number of hydrogen-bond acceptors (Lipinski definition) is 5. The van der Waals surface area contributed by atoms with Crippen LogP contribution in [0.1, 0.15) is 19.9 Å². The monoisotopic (exact) mass is 296 g/mol. The molecule has 2 aromatic heterocycles. The average Bonchev–Trinajstić information content (AvgIpc) is 2.81. The molecule has 0 aliphatic heterocycles. The van der Waals surface area contributed by atoms with E-state index in [1.165, 1.54) is 12.1 Å². The van der Waals surface area contributed by atoms with Crippen molar-refractivity contribution in [3.63, 3.8) is 0 Å². The molecule has 0 aliphatic rings. The molecule has 0 saturated heterocycles. The molecule has 0 fully saturated rings. The van der Waals surface area contributed by atoms with Crippen molar-refractivity contribution in [2.45, 2.75) is 25.0 Å². The van der Waals surface area contributed by atoms with Gasteiger partial charge in [-0.1, -0.05) is 11.8 Å². The van der Waals surface area contributed by atoms with Gasteiger partial charge in [0.05, 0.1) is 11.9 Å². The molecule has 0 aromatic carbocycles. The minimum absolute atomic E-state index is 0.0307. The van der Waals surface area contributed by atoms with Gasteiger partial charge in [-0.2, -0.15) is 0 Å². The molecule has 0 spiro atoms. The smallest absolute Gasteiger partial charge is 0.313 e. The van der Waals surface area contributed by atoms with E-state index in [0.29, 0.717) is 16.7 Å². The summed E-state index contributed by atoms with van der Waals surface area (Å²) >= 11 is 1.09.